The molecule has 0 fully saturated rings. The SMILES string of the molecule is CCCNCC(C)C(C)c1ccccc1C. The van der Waals surface area contributed by atoms with Gasteiger partial charge in [-0.15, -0.1) is 0 Å². The van der Waals surface area contributed by atoms with Gasteiger partial charge in [0.2, 0.25) is 0 Å². The molecule has 1 heteroatoms. The molecule has 2 unspecified atom stereocenters. The summed E-state index contributed by atoms with van der Waals surface area (Å²) in [4.78, 5) is 0. The van der Waals surface area contributed by atoms with E-state index in [4.69, 9.17) is 0 Å². The Bertz CT molecular complexity index is 306. The van der Waals surface area contributed by atoms with Crippen molar-refractivity contribution in [3.8, 4) is 0 Å². The Balaban J connectivity index is 2.56. The van der Waals surface area contributed by atoms with Crippen molar-refractivity contribution < 1.29 is 0 Å². The van der Waals surface area contributed by atoms with E-state index in [1.807, 2.05) is 0 Å². The third kappa shape index (κ3) is 3.64. The van der Waals surface area contributed by atoms with Crippen LogP contribution in [0.15, 0.2) is 24.3 Å². The quantitative estimate of drug-likeness (QED) is 0.719. The molecule has 0 heterocycles. The highest BCUT2D eigenvalue weighted by atomic mass is 14.8. The second-order valence-electron chi connectivity index (χ2n) is 4.83. The molecule has 0 amide bonds. The van der Waals surface area contributed by atoms with Gasteiger partial charge in [-0.1, -0.05) is 45.0 Å². The largest absolute Gasteiger partial charge is 0.316 e. The summed E-state index contributed by atoms with van der Waals surface area (Å²) in [6, 6.07) is 8.73. The fourth-order valence-corrected chi connectivity index (χ4v) is 2.09. The Labute approximate surface area is 100 Å². The lowest BCUT2D eigenvalue weighted by molar-refractivity contribution is 0.447. The van der Waals surface area contributed by atoms with E-state index >= 15 is 0 Å². The maximum Gasteiger partial charge on any atom is -0.00174 e. The van der Waals surface area contributed by atoms with Crippen LogP contribution in [0.25, 0.3) is 0 Å². The van der Waals surface area contributed by atoms with Crippen LogP contribution in [0.5, 0.6) is 0 Å². The average molecular weight is 219 g/mol. The molecule has 1 N–H and O–H groups in total. The summed E-state index contributed by atoms with van der Waals surface area (Å²) >= 11 is 0. The van der Waals surface area contributed by atoms with Gasteiger partial charge in [-0.3, -0.25) is 0 Å². The van der Waals surface area contributed by atoms with Crippen LogP contribution in [0.2, 0.25) is 0 Å². The highest BCUT2D eigenvalue weighted by Crippen LogP contribution is 2.26. The minimum Gasteiger partial charge on any atom is -0.316 e. The Hall–Kier alpha value is -0.820. The number of hydrogen-bond donors (Lipinski definition) is 1. The summed E-state index contributed by atoms with van der Waals surface area (Å²) in [6.07, 6.45) is 1.21. The Morgan fingerprint density at radius 3 is 2.50 bits per heavy atom. The van der Waals surface area contributed by atoms with E-state index in [9.17, 15) is 0 Å². The van der Waals surface area contributed by atoms with E-state index in [0.717, 1.165) is 13.1 Å². The van der Waals surface area contributed by atoms with Crippen molar-refractivity contribution in [2.45, 2.75) is 40.0 Å². The number of aryl methyl sites for hydroxylation is 1. The normalized spacial score (nSPS) is 14.8. The van der Waals surface area contributed by atoms with Crippen LogP contribution in [0.1, 0.15) is 44.2 Å². The van der Waals surface area contributed by atoms with Gasteiger partial charge in [-0.25, -0.2) is 0 Å². The summed E-state index contributed by atoms with van der Waals surface area (Å²) in [5.74, 6) is 1.32. The standard InChI is InChI=1S/C15H25N/c1-5-10-16-11-13(3)14(4)15-9-7-6-8-12(15)2/h6-9,13-14,16H,5,10-11H2,1-4H3. The van der Waals surface area contributed by atoms with Gasteiger partial charge in [0.25, 0.3) is 0 Å². The first-order valence-electron chi connectivity index (χ1n) is 6.43. The number of benzene rings is 1. The van der Waals surface area contributed by atoms with Gasteiger partial charge in [0.05, 0.1) is 0 Å². The predicted molar refractivity (Wildman–Crippen MR) is 71.9 cm³/mol. The smallest absolute Gasteiger partial charge is 0.00174 e. The molecule has 0 saturated heterocycles. The minimum atomic E-state index is 0.630. The van der Waals surface area contributed by atoms with Crippen LogP contribution < -0.4 is 5.32 Å². The van der Waals surface area contributed by atoms with Crippen molar-refractivity contribution in [2.24, 2.45) is 5.92 Å². The Morgan fingerprint density at radius 1 is 1.19 bits per heavy atom. The Kier molecular flexibility index (Phi) is 5.54. The lowest BCUT2D eigenvalue weighted by Gasteiger charge is -2.22. The summed E-state index contributed by atoms with van der Waals surface area (Å²) in [5.41, 5.74) is 2.91. The fourth-order valence-electron chi connectivity index (χ4n) is 2.09. The van der Waals surface area contributed by atoms with E-state index in [-0.39, 0.29) is 0 Å². The molecule has 2 atom stereocenters. The molecule has 1 rings (SSSR count). The summed E-state index contributed by atoms with van der Waals surface area (Å²) in [5, 5.41) is 3.50. The van der Waals surface area contributed by atoms with Crippen molar-refractivity contribution in [2.75, 3.05) is 13.1 Å². The van der Waals surface area contributed by atoms with Gasteiger partial charge < -0.3 is 5.32 Å². The van der Waals surface area contributed by atoms with Crippen molar-refractivity contribution in [3.63, 3.8) is 0 Å². The van der Waals surface area contributed by atoms with Gasteiger partial charge in [-0.2, -0.15) is 0 Å². The highest BCUT2D eigenvalue weighted by Gasteiger charge is 2.15. The minimum absolute atomic E-state index is 0.630. The lowest BCUT2D eigenvalue weighted by Crippen LogP contribution is -2.25. The first kappa shape index (κ1) is 13.2. The number of hydrogen-bond acceptors (Lipinski definition) is 1. The first-order chi connectivity index (χ1) is 7.66. The summed E-state index contributed by atoms with van der Waals surface area (Å²) < 4.78 is 0. The monoisotopic (exact) mass is 219 g/mol. The average Bonchev–Trinajstić information content (AvgIpc) is 2.29. The van der Waals surface area contributed by atoms with Gasteiger partial charge >= 0.3 is 0 Å². The molecule has 1 aromatic rings. The van der Waals surface area contributed by atoms with Gasteiger partial charge in [0.15, 0.2) is 0 Å². The van der Waals surface area contributed by atoms with E-state index in [1.54, 1.807) is 0 Å². The molecule has 0 radical (unpaired) electrons. The van der Waals surface area contributed by atoms with Crippen molar-refractivity contribution in [1.29, 1.82) is 0 Å². The highest BCUT2D eigenvalue weighted by molar-refractivity contribution is 5.29. The van der Waals surface area contributed by atoms with Gasteiger partial charge in [0, 0.05) is 0 Å². The number of rotatable bonds is 6. The molecule has 0 spiro atoms. The topological polar surface area (TPSA) is 12.0 Å². The molecule has 0 aromatic heterocycles. The van der Waals surface area contributed by atoms with E-state index < -0.39 is 0 Å². The molecule has 16 heavy (non-hydrogen) atoms. The van der Waals surface area contributed by atoms with Crippen LogP contribution in [-0.2, 0) is 0 Å². The third-order valence-electron chi connectivity index (χ3n) is 3.43. The maximum atomic E-state index is 3.50. The molecular formula is C15H25N. The molecular weight excluding hydrogens is 194 g/mol. The first-order valence-corrected chi connectivity index (χ1v) is 6.43. The second-order valence-corrected chi connectivity index (χ2v) is 4.83. The third-order valence-corrected chi connectivity index (χ3v) is 3.43. The van der Waals surface area contributed by atoms with Crippen LogP contribution >= 0.6 is 0 Å². The zero-order valence-electron chi connectivity index (χ0n) is 11.1. The molecule has 1 nitrogen and oxygen atoms in total. The van der Waals surface area contributed by atoms with Crippen LogP contribution in [-0.4, -0.2) is 13.1 Å². The second kappa shape index (κ2) is 6.70. The van der Waals surface area contributed by atoms with Gasteiger partial charge in [-0.05, 0) is 49.4 Å². The van der Waals surface area contributed by atoms with E-state index in [0.29, 0.717) is 11.8 Å². The predicted octanol–water partition coefficient (Wildman–Crippen LogP) is 3.73. The fraction of sp³-hybridized carbons (Fsp3) is 0.600. The van der Waals surface area contributed by atoms with E-state index in [1.165, 1.54) is 17.5 Å². The van der Waals surface area contributed by atoms with Crippen molar-refractivity contribution >= 4 is 0 Å². The molecule has 0 saturated carbocycles. The Morgan fingerprint density at radius 2 is 1.88 bits per heavy atom. The van der Waals surface area contributed by atoms with Crippen LogP contribution in [0, 0.1) is 12.8 Å². The lowest BCUT2D eigenvalue weighted by atomic mass is 9.86. The molecule has 90 valence electrons. The maximum absolute atomic E-state index is 3.50. The van der Waals surface area contributed by atoms with E-state index in [2.05, 4.69) is 57.3 Å². The molecule has 1 aromatic carbocycles. The molecule has 0 aliphatic heterocycles. The number of nitrogens with one attached hydrogen (secondary N) is 1. The molecule has 0 aliphatic carbocycles. The summed E-state index contributed by atoms with van der Waals surface area (Å²) in [6.45, 7) is 11.3. The van der Waals surface area contributed by atoms with Crippen molar-refractivity contribution in [3.05, 3.63) is 35.4 Å². The zero-order chi connectivity index (χ0) is 12.0. The molecule has 0 aliphatic rings. The molecule has 0 bridgehead atoms. The zero-order valence-corrected chi connectivity index (χ0v) is 11.1. The van der Waals surface area contributed by atoms with Gasteiger partial charge in [0.1, 0.15) is 0 Å². The summed E-state index contributed by atoms with van der Waals surface area (Å²) in [7, 11) is 0. The van der Waals surface area contributed by atoms with Crippen LogP contribution in [0.4, 0.5) is 0 Å². The van der Waals surface area contributed by atoms with Crippen molar-refractivity contribution in [1.82, 2.24) is 5.32 Å². The van der Waals surface area contributed by atoms with Crippen LogP contribution in [0.3, 0.4) is 0 Å².